The lowest BCUT2D eigenvalue weighted by Crippen LogP contribution is -2.58. The van der Waals surface area contributed by atoms with Gasteiger partial charge < -0.3 is 55.2 Å². The molecule has 3 saturated heterocycles. The van der Waals surface area contributed by atoms with Gasteiger partial charge in [0, 0.05) is 42.7 Å². The van der Waals surface area contributed by atoms with Crippen LogP contribution in [-0.2, 0) is 19.7 Å². The number of halogens is 2. The van der Waals surface area contributed by atoms with Gasteiger partial charge in [-0.1, -0.05) is 35.8 Å². The summed E-state index contributed by atoms with van der Waals surface area (Å²) in [7, 11) is 0. The third kappa shape index (κ3) is 6.41. The van der Waals surface area contributed by atoms with Gasteiger partial charge in [0.25, 0.3) is 5.92 Å². The Hall–Kier alpha value is -3.51. The van der Waals surface area contributed by atoms with E-state index in [9.17, 15) is 54.4 Å². The van der Waals surface area contributed by atoms with E-state index in [1.165, 1.54) is 4.90 Å². The standard InChI is InChI=1S/C38H41F2NO11/c39-38(40)17-25(38)36(50)41-12-10-37(11-13-41)23-15-19(3-7-26-30(44)34(48)32(46)28(51-26)9-14-42)1-5-21(23)22-6-2-20(16-24(22)37)4-8-27-31(45)35(49)33(47)29(18-43)52-27/h1-2,5-6,15-16,25-35,42-49H,9-14,17-18H2/t25?,26-,27-,28-,29-,30-,31-,32-,33-,34-,35-/m1/s1. The lowest BCUT2D eigenvalue weighted by Gasteiger charge is -2.41. The minimum absolute atomic E-state index is 0.0372. The van der Waals surface area contributed by atoms with E-state index in [1.807, 2.05) is 24.3 Å². The molecule has 2 aromatic carbocycles. The van der Waals surface area contributed by atoms with E-state index in [0.29, 0.717) is 24.0 Å². The first-order valence-corrected chi connectivity index (χ1v) is 17.4. The molecule has 14 heteroatoms. The summed E-state index contributed by atoms with van der Waals surface area (Å²) in [5.41, 5.74) is 4.03. The summed E-state index contributed by atoms with van der Waals surface area (Å²) in [6.45, 7) is -0.424. The molecule has 0 radical (unpaired) electrons. The SMILES string of the molecule is O=C(C1CC1(F)F)N1CCC2(CC1)c1cc(C#C[C@H]3O[C@H](CO)[C@@H](O)[C@H](O)[C@@H]3O)ccc1-c1ccc(C#C[C@H]3O[C@H](CCO)[C@@H](O)[C@H](O)[C@@H]3O)cc12. The monoisotopic (exact) mass is 725 g/mol. The second-order valence-corrected chi connectivity index (χ2v) is 14.3. The Bertz CT molecular complexity index is 1820. The maximum absolute atomic E-state index is 13.8. The Kier molecular flexibility index (Phi) is 9.95. The number of hydrogen-bond donors (Lipinski definition) is 8. The minimum atomic E-state index is -2.98. The fourth-order valence-corrected chi connectivity index (χ4v) is 7.97. The van der Waals surface area contributed by atoms with Crippen LogP contribution in [0.1, 0.15) is 47.9 Å². The molecule has 7 rings (SSSR count). The van der Waals surface area contributed by atoms with Crippen molar-refractivity contribution in [3.8, 4) is 34.8 Å². The second-order valence-electron chi connectivity index (χ2n) is 14.3. The summed E-state index contributed by atoms with van der Waals surface area (Å²) < 4.78 is 38.9. The van der Waals surface area contributed by atoms with E-state index in [0.717, 1.165) is 22.3 Å². The molecule has 5 aliphatic rings. The summed E-state index contributed by atoms with van der Waals surface area (Å²) in [5, 5.41) is 80.9. The molecule has 52 heavy (non-hydrogen) atoms. The molecule has 3 aliphatic heterocycles. The molecule has 278 valence electrons. The zero-order valence-corrected chi connectivity index (χ0v) is 28.0. The van der Waals surface area contributed by atoms with Gasteiger partial charge in [0.05, 0.1) is 12.7 Å². The third-order valence-corrected chi connectivity index (χ3v) is 11.1. The van der Waals surface area contributed by atoms with Crippen LogP contribution >= 0.6 is 0 Å². The molecule has 11 atom stereocenters. The molecule has 1 unspecified atom stereocenters. The number of carbonyl (C=O) groups excluding carboxylic acids is 1. The van der Waals surface area contributed by atoms with Crippen molar-refractivity contribution in [2.45, 2.75) is 98.1 Å². The number of alkyl halides is 2. The highest BCUT2D eigenvalue weighted by molar-refractivity contribution is 5.85. The number of amides is 1. The lowest BCUT2D eigenvalue weighted by atomic mass is 9.70. The first kappa shape index (κ1) is 36.8. The smallest absolute Gasteiger partial charge is 0.260 e. The number of rotatable bonds is 4. The third-order valence-electron chi connectivity index (χ3n) is 11.1. The number of aliphatic hydroxyl groups excluding tert-OH is 8. The van der Waals surface area contributed by atoms with Gasteiger partial charge >= 0.3 is 0 Å². The van der Waals surface area contributed by atoms with Crippen LogP contribution in [0.5, 0.6) is 0 Å². The maximum Gasteiger partial charge on any atom is 0.260 e. The molecular weight excluding hydrogens is 684 g/mol. The van der Waals surface area contributed by atoms with Crippen LogP contribution in [0.3, 0.4) is 0 Å². The maximum atomic E-state index is 13.8. The highest BCUT2D eigenvalue weighted by atomic mass is 19.3. The largest absolute Gasteiger partial charge is 0.396 e. The van der Waals surface area contributed by atoms with E-state index in [-0.39, 0.29) is 26.1 Å². The molecular formula is C38H41F2NO11. The Balaban J connectivity index is 1.21. The van der Waals surface area contributed by atoms with Crippen molar-refractivity contribution in [2.24, 2.45) is 5.92 Å². The minimum Gasteiger partial charge on any atom is -0.396 e. The van der Waals surface area contributed by atoms with Gasteiger partial charge in [-0.3, -0.25) is 4.79 Å². The van der Waals surface area contributed by atoms with Crippen molar-refractivity contribution in [3.05, 3.63) is 58.7 Å². The van der Waals surface area contributed by atoms with Gasteiger partial charge in [-0.05, 0) is 65.8 Å². The number of carbonyl (C=O) groups is 1. The quantitative estimate of drug-likeness (QED) is 0.180. The van der Waals surface area contributed by atoms with Gasteiger partial charge in [-0.25, -0.2) is 8.78 Å². The van der Waals surface area contributed by atoms with Crippen LogP contribution in [0.15, 0.2) is 36.4 Å². The Morgan fingerprint density at radius 1 is 0.750 bits per heavy atom. The van der Waals surface area contributed by atoms with Crippen molar-refractivity contribution in [3.63, 3.8) is 0 Å². The van der Waals surface area contributed by atoms with Crippen LogP contribution in [0.4, 0.5) is 8.78 Å². The van der Waals surface area contributed by atoms with Gasteiger partial charge in [-0.15, -0.1) is 0 Å². The first-order valence-electron chi connectivity index (χ1n) is 17.4. The van der Waals surface area contributed by atoms with Crippen LogP contribution in [0.2, 0.25) is 0 Å². The van der Waals surface area contributed by atoms with E-state index < -0.39 is 97.2 Å². The van der Waals surface area contributed by atoms with Crippen molar-refractivity contribution in [1.82, 2.24) is 4.90 Å². The number of fused-ring (bicyclic) bond motifs is 5. The van der Waals surface area contributed by atoms with Crippen molar-refractivity contribution >= 4 is 5.91 Å². The molecule has 0 aromatic heterocycles. The molecule has 4 fully saturated rings. The molecule has 1 amide bonds. The number of benzene rings is 2. The van der Waals surface area contributed by atoms with Crippen LogP contribution in [-0.4, -0.2) is 145 Å². The number of ether oxygens (including phenoxy) is 2. The zero-order chi connectivity index (χ0) is 37.1. The van der Waals surface area contributed by atoms with Crippen LogP contribution in [0.25, 0.3) is 11.1 Å². The fraction of sp³-hybridized carbons (Fsp3) is 0.553. The van der Waals surface area contributed by atoms with E-state index in [1.54, 1.807) is 12.1 Å². The normalized spacial score (nSPS) is 35.4. The molecule has 0 bridgehead atoms. The summed E-state index contributed by atoms with van der Waals surface area (Å²) in [6.07, 6.45) is -13.0. The Morgan fingerprint density at radius 3 is 1.69 bits per heavy atom. The van der Waals surface area contributed by atoms with E-state index in [4.69, 9.17) is 9.47 Å². The van der Waals surface area contributed by atoms with Gasteiger partial charge in [-0.2, -0.15) is 0 Å². The van der Waals surface area contributed by atoms with Crippen LogP contribution in [0, 0.1) is 29.6 Å². The van der Waals surface area contributed by atoms with Crippen LogP contribution < -0.4 is 0 Å². The predicted octanol–water partition coefficient (Wildman–Crippen LogP) is -0.991. The average molecular weight is 726 g/mol. The second kappa shape index (κ2) is 14.0. The predicted molar refractivity (Wildman–Crippen MR) is 177 cm³/mol. The van der Waals surface area contributed by atoms with Crippen molar-refractivity contribution in [2.75, 3.05) is 26.3 Å². The van der Waals surface area contributed by atoms with E-state index >= 15 is 0 Å². The molecule has 3 heterocycles. The topological polar surface area (TPSA) is 201 Å². The van der Waals surface area contributed by atoms with Crippen molar-refractivity contribution < 1.29 is 63.9 Å². The molecule has 2 aromatic rings. The zero-order valence-electron chi connectivity index (χ0n) is 28.0. The number of hydrogen-bond acceptors (Lipinski definition) is 11. The first-order chi connectivity index (χ1) is 24.8. The Labute approximate surface area is 298 Å². The average Bonchev–Trinajstić information content (AvgIpc) is 3.72. The summed E-state index contributed by atoms with van der Waals surface area (Å²) >= 11 is 0. The van der Waals surface area contributed by atoms with Gasteiger partial charge in [0.2, 0.25) is 5.91 Å². The van der Waals surface area contributed by atoms with Gasteiger partial charge in [0.1, 0.15) is 60.9 Å². The summed E-state index contributed by atoms with van der Waals surface area (Å²) in [4.78, 5) is 14.4. The van der Waals surface area contributed by atoms with Gasteiger partial charge in [0.15, 0.2) is 0 Å². The highest BCUT2D eigenvalue weighted by Crippen LogP contribution is 2.55. The number of aliphatic hydroxyl groups is 8. The highest BCUT2D eigenvalue weighted by Gasteiger charge is 2.62. The molecule has 8 N–H and O–H groups in total. The molecule has 1 saturated carbocycles. The molecule has 2 aliphatic carbocycles. The lowest BCUT2D eigenvalue weighted by molar-refractivity contribution is -0.214. The number of nitrogens with zero attached hydrogens (tertiary/aromatic N) is 1. The molecule has 1 spiro atoms. The summed E-state index contributed by atoms with van der Waals surface area (Å²) in [5.74, 6) is 6.81. The number of likely N-dealkylation sites (tertiary alicyclic amines) is 1. The van der Waals surface area contributed by atoms with E-state index in [2.05, 4.69) is 23.7 Å². The number of piperidine rings is 1. The Morgan fingerprint density at radius 2 is 1.23 bits per heavy atom. The summed E-state index contributed by atoms with van der Waals surface area (Å²) in [6, 6.07) is 11.2. The molecule has 12 nitrogen and oxygen atoms in total. The van der Waals surface area contributed by atoms with Crippen molar-refractivity contribution in [1.29, 1.82) is 0 Å². The fourth-order valence-electron chi connectivity index (χ4n) is 7.97.